The molecule has 15 N–H and O–H groups in total. The lowest BCUT2D eigenvalue weighted by atomic mass is 9.87. The molecule has 1 aliphatic heterocycles. The summed E-state index contributed by atoms with van der Waals surface area (Å²) in [7, 11) is 0. The summed E-state index contributed by atoms with van der Waals surface area (Å²) < 4.78 is 11.2. The van der Waals surface area contributed by atoms with E-state index in [0.717, 1.165) is 27.7 Å². The number of hydrogen-bond acceptors (Lipinski definition) is 13. The summed E-state index contributed by atoms with van der Waals surface area (Å²) in [5.74, 6) is -3.33. The zero-order chi connectivity index (χ0) is 30.0. The fraction of sp³-hybridized carbons (Fsp3) is 0.800. The second-order valence-corrected chi connectivity index (χ2v) is 7.95. The first kappa shape index (κ1) is 39.0. The molecule has 37 heavy (non-hydrogen) atoms. The van der Waals surface area contributed by atoms with Crippen molar-refractivity contribution in [1.82, 2.24) is 0 Å². The summed E-state index contributed by atoms with van der Waals surface area (Å²) in [6.07, 6.45) is -4.48. The van der Waals surface area contributed by atoms with Gasteiger partial charge in [0.05, 0.1) is 18.2 Å². The number of hydrogen-bond donors (Lipinski definition) is 11. The van der Waals surface area contributed by atoms with Crippen molar-refractivity contribution in [3.8, 4) is 0 Å². The van der Waals surface area contributed by atoms with Crippen LogP contribution in [0.4, 0.5) is 0 Å². The van der Waals surface area contributed by atoms with E-state index in [-0.39, 0.29) is 6.54 Å². The van der Waals surface area contributed by atoms with Crippen LogP contribution < -0.4 is 22.9 Å². The van der Waals surface area contributed by atoms with Crippen molar-refractivity contribution in [3.05, 3.63) is 0 Å². The minimum atomic E-state index is -1.20. The van der Waals surface area contributed by atoms with Gasteiger partial charge in [0, 0.05) is 46.3 Å². The van der Waals surface area contributed by atoms with E-state index in [9.17, 15) is 15.3 Å². The summed E-state index contributed by atoms with van der Waals surface area (Å²) in [5, 5.41) is 59.1. The minimum Gasteiger partial charge on any atom is -0.481 e. The lowest BCUT2D eigenvalue weighted by Crippen LogP contribution is -2.65. The van der Waals surface area contributed by atoms with E-state index in [2.05, 4.69) is 0 Å². The van der Waals surface area contributed by atoms with Gasteiger partial charge in [0.25, 0.3) is 23.9 Å². The van der Waals surface area contributed by atoms with Gasteiger partial charge in [-0.05, 0) is 12.8 Å². The molecule has 0 spiro atoms. The van der Waals surface area contributed by atoms with Crippen LogP contribution in [0.3, 0.4) is 0 Å². The van der Waals surface area contributed by atoms with Crippen molar-refractivity contribution in [2.24, 2.45) is 22.9 Å². The minimum absolute atomic E-state index is 0.0275. The molecule has 1 saturated carbocycles. The van der Waals surface area contributed by atoms with Crippen LogP contribution in [-0.2, 0) is 28.7 Å². The second-order valence-electron chi connectivity index (χ2n) is 7.95. The van der Waals surface area contributed by atoms with Gasteiger partial charge < -0.3 is 68.2 Å². The van der Waals surface area contributed by atoms with Gasteiger partial charge in [-0.25, -0.2) is 0 Å². The van der Waals surface area contributed by atoms with Crippen molar-refractivity contribution < 1.29 is 64.4 Å². The number of aliphatic hydroxyl groups excluding tert-OH is 3. The quantitative estimate of drug-likeness (QED) is 0.162. The number of aliphatic hydroxyl groups is 3. The first-order chi connectivity index (χ1) is 16.8. The Morgan fingerprint density at radius 3 is 1.49 bits per heavy atom. The first-order valence-electron chi connectivity index (χ1n) is 10.9. The monoisotopic (exact) mass is 546 g/mol. The van der Waals surface area contributed by atoms with Crippen LogP contribution in [-0.4, -0.2) is 121 Å². The van der Waals surface area contributed by atoms with Gasteiger partial charge in [-0.15, -0.1) is 0 Å². The maximum Gasteiger partial charge on any atom is 0.300 e. The Balaban J connectivity index is -0.000000591. The molecule has 17 heteroatoms. The Bertz CT molecular complexity index is 619. The Kier molecular flexibility index (Phi) is 21.7. The molecule has 9 atom stereocenters. The van der Waals surface area contributed by atoms with Crippen LogP contribution in [0.5, 0.6) is 0 Å². The van der Waals surface area contributed by atoms with Crippen molar-refractivity contribution in [3.63, 3.8) is 0 Å². The number of aliphatic carboxylic acids is 4. The van der Waals surface area contributed by atoms with Crippen molar-refractivity contribution in [2.75, 3.05) is 6.54 Å². The molecule has 0 bridgehead atoms. The Labute approximate surface area is 213 Å². The van der Waals surface area contributed by atoms with E-state index in [1.807, 2.05) is 0 Å². The molecule has 2 aliphatic rings. The van der Waals surface area contributed by atoms with Gasteiger partial charge in [0.1, 0.15) is 18.3 Å². The summed E-state index contributed by atoms with van der Waals surface area (Å²) in [5.41, 5.74) is 23.1. The number of rotatable bonds is 3. The maximum absolute atomic E-state index is 9.92. The smallest absolute Gasteiger partial charge is 0.300 e. The van der Waals surface area contributed by atoms with Gasteiger partial charge in [-0.3, -0.25) is 19.2 Å². The molecule has 0 aromatic carbocycles. The summed E-state index contributed by atoms with van der Waals surface area (Å²) in [6.45, 7) is 4.36. The zero-order valence-electron chi connectivity index (χ0n) is 21.2. The molecule has 0 radical (unpaired) electrons. The molecule has 0 amide bonds. The van der Waals surface area contributed by atoms with Crippen LogP contribution >= 0.6 is 0 Å². The van der Waals surface area contributed by atoms with E-state index in [1.54, 1.807) is 0 Å². The third-order valence-electron chi connectivity index (χ3n) is 4.28. The summed E-state index contributed by atoms with van der Waals surface area (Å²) in [6, 6.07) is -1.76. The number of ether oxygens (including phenoxy) is 2. The molecule has 2 fully saturated rings. The Morgan fingerprint density at radius 2 is 1.14 bits per heavy atom. The highest BCUT2D eigenvalue weighted by Gasteiger charge is 2.45. The Hall–Kier alpha value is -2.48. The highest BCUT2D eigenvalue weighted by Crippen LogP contribution is 2.26. The average Bonchev–Trinajstić information content (AvgIpc) is 2.70. The molecule has 220 valence electrons. The maximum atomic E-state index is 9.92. The van der Waals surface area contributed by atoms with E-state index < -0.39 is 78.8 Å². The van der Waals surface area contributed by atoms with E-state index in [0.29, 0.717) is 12.8 Å². The molecular formula is C20H42N4O13. The molecule has 1 heterocycles. The van der Waals surface area contributed by atoms with Gasteiger partial charge in [0.2, 0.25) is 0 Å². The van der Waals surface area contributed by atoms with Crippen LogP contribution in [0.1, 0.15) is 40.5 Å². The highest BCUT2D eigenvalue weighted by molar-refractivity contribution is 5.63. The third-order valence-corrected chi connectivity index (χ3v) is 4.28. The molecule has 1 saturated heterocycles. The second kappa shape index (κ2) is 20.6. The summed E-state index contributed by atoms with van der Waals surface area (Å²) >= 11 is 0. The Morgan fingerprint density at radius 1 is 0.757 bits per heavy atom. The van der Waals surface area contributed by atoms with Crippen LogP contribution in [0, 0.1) is 0 Å². The number of nitrogens with two attached hydrogens (primary N) is 4. The molecule has 0 aromatic rings. The van der Waals surface area contributed by atoms with Crippen molar-refractivity contribution in [1.29, 1.82) is 0 Å². The molecule has 1 aliphatic carbocycles. The molecule has 0 unspecified atom stereocenters. The van der Waals surface area contributed by atoms with E-state index in [1.165, 1.54) is 0 Å². The topological polar surface area (TPSA) is 332 Å². The van der Waals surface area contributed by atoms with Gasteiger partial charge >= 0.3 is 0 Å². The fourth-order valence-electron chi connectivity index (χ4n) is 2.80. The number of carbonyl (C=O) groups is 4. The third kappa shape index (κ3) is 21.3. The average molecular weight is 547 g/mol. The molecule has 2 rings (SSSR count). The summed E-state index contributed by atoms with van der Waals surface area (Å²) in [4.78, 5) is 36.0. The normalized spacial score (nSPS) is 32.1. The molecule has 17 nitrogen and oxygen atoms in total. The van der Waals surface area contributed by atoms with Gasteiger partial charge in [-0.2, -0.15) is 0 Å². The highest BCUT2D eigenvalue weighted by atomic mass is 16.7. The van der Waals surface area contributed by atoms with Crippen LogP contribution in [0.15, 0.2) is 0 Å². The lowest BCUT2D eigenvalue weighted by Gasteiger charge is -2.44. The van der Waals surface area contributed by atoms with Gasteiger partial charge in [0.15, 0.2) is 6.29 Å². The molecular weight excluding hydrogens is 504 g/mol. The van der Waals surface area contributed by atoms with Crippen molar-refractivity contribution >= 4 is 23.9 Å². The fourth-order valence-corrected chi connectivity index (χ4v) is 2.80. The first-order valence-corrected chi connectivity index (χ1v) is 10.9. The standard InChI is InChI=1S/C12H26N4O5.4C2H4O2/c13-3-8-10(18)11(19)9(16)12(21-8)20-7-2-4(14)6(17)1-5(7)15;4*1-2(3)4/h4-12,17-19H,1-3,13-16H2;4*1H3,(H,3,4)/t4-,5-,6-,7-,8+,9+,10+,11+,12-;;;;/m0..../s1. The van der Waals surface area contributed by atoms with Gasteiger partial charge in [-0.1, -0.05) is 0 Å². The zero-order valence-corrected chi connectivity index (χ0v) is 21.2. The molecule has 0 aromatic heterocycles. The predicted octanol–water partition coefficient (Wildman–Crippen LogP) is -3.72. The van der Waals surface area contributed by atoms with Crippen molar-refractivity contribution in [2.45, 2.75) is 95.5 Å². The number of carboxylic acid groups (broad SMARTS) is 4. The van der Waals surface area contributed by atoms with E-state index >= 15 is 0 Å². The van der Waals surface area contributed by atoms with E-state index in [4.69, 9.17) is 72.0 Å². The largest absolute Gasteiger partial charge is 0.481 e. The predicted molar refractivity (Wildman–Crippen MR) is 127 cm³/mol. The van der Waals surface area contributed by atoms with Crippen LogP contribution in [0.2, 0.25) is 0 Å². The SMILES string of the molecule is CC(=O)O.CC(=O)O.CC(=O)O.CC(=O)O.NC[C@H]1O[C@H](O[C@H]2C[C@H](N)[C@@H](O)C[C@@H]2N)[C@H](N)[C@@H](O)[C@@H]1O. The lowest BCUT2D eigenvalue weighted by molar-refractivity contribution is -0.275. The number of carboxylic acids is 4. The van der Waals surface area contributed by atoms with Crippen LogP contribution in [0.25, 0.3) is 0 Å².